The van der Waals surface area contributed by atoms with Crippen LogP contribution >= 0.6 is 0 Å². The first-order valence-corrected chi connectivity index (χ1v) is 9.80. The summed E-state index contributed by atoms with van der Waals surface area (Å²) in [6.45, 7) is 4.03. The maximum atomic E-state index is 13.9. The zero-order chi connectivity index (χ0) is 17.6. The molecular weight excluding hydrogens is 337 g/mol. The minimum atomic E-state index is -6.47. The van der Waals surface area contributed by atoms with Gasteiger partial charge in [0.15, 0.2) is 11.5 Å². The Morgan fingerprint density at radius 2 is 1.50 bits per heavy atom. The van der Waals surface area contributed by atoms with Crippen molar-refractivity contribution in [3.63, 3.8) is 0 Å². The fraction of sp³-hybridized carbons (Fsp3) is 0.750. The van der Waals surface area contributed by atoms with Crippen LogP contribution in [0.3, 0.4) is 0 Å². The number of carbonyl (C=O) groups excluding carboxylic acids is 1. The fourth-order valence-electron chi connectivity index (χ4n) is 1.90. The lowest BCUT2D eigenvalue weighted by Crippen LogP contribution is -2.54. The number of hydrogen-bond donors (Lipinski definition) is 0. The molecule has 0 radical (unpaired) electrons. The van der Waals surface area contributed by atoms with E-state index in [2.05, 4.69) is 0 Å². The van der Waals surface area contributed by atoms with E-state index in [9.17, 15) is 35.5 Å². The normalized spacial score (nSPS) is 20.4. The summed E-state index contributed by atoms with van der Waals surface area (Å²) in [6.07, 6.45) is -6.84. The van der Waals surface area contributed by atoms with Gasteiger partial charge in [-0.15, -0.1) is 0 Å². The highest BCUT2D eigenvalue weighted by atomic mass is 28.4. The highest BCUT2D eigenvalue weighted by molar-refractivity contribution is 6.70. The van der Waals surface area contributed by atoms with Gasteiger partial charge in [-0.05, 0) is 32.5 Å². The number of Topliss-reactive ketones (excluding diaryl/α,β-unsaturated/α-hetero) is 1. The predicted octanol–water partition coefficient (Wildman–Crippen LogP) is 4.68. The van der Waals surface area contributed by atoms with Gasteiger partial charge in [0, 0.05) is 12.0 Å². The second-order valence-electron chi connectivity index (χ2n) is 5.95. The Kier molecular flexibility index (Phi) is 4.78. The summed E-state index contributed by atoms with van der Waals surface area (Å²) in [5, 5.41) is 0. The van der Waals surface area contributed by atoms with E-state index in [1.807, 2.05) is 0 Å². The summed E-state index contributed by atoms with van der Waals surface area (Å²) in [6, 6.07) is 0. The van der Waals surface area contributed by atoms with Crippen LogP contribution < -0.4 is 0 Å². The van der Waals surface area contributed by atoms with Crippen molar-refractivity contribution in [2.24, 2.45) is 0 Å². The first-order chi connectivity index (χ1) is 9.61. The van der Waals surface area contributed by atoms with E-state index in [1.54, 1.807) is 0 Å². The second-order valence-corrected chi connectivity index (χ2v) is 10.4. The lowest BCUT2D eigenvalue weighted by molar-refractivity contribution is -0.349. The molecule has 1 aliphatic rings. The van der Waals surface area contributed by atoms with Crippen LogP contribution in [-0.4, -0.2) is 32.1 Å². The molecule has 0 aromatic heterocycles. The van der Waals surface area contributed by atoms with Crippen LogP contribution in [0.25, 0.3) is 0 Å². The molecule has 2 nitrogen and oxygen atoms in total. The molecule has 0 unspecified atom stereocenters. The molecule has 0 saturated heterocycles. The van der Waals surface area contributed by atoms with Gasteiger partial charge in [-0.25, -0.2) is 0 Å². The van der Waals surface area contributed by atoms with Gasteiger partial charge in [0.2, 0.25) is 8.32 Å². The molecule has 1 aliphatic carbocycles. The van der Waals surface area contributed by atoms with Crippen molar-refractivity contribution in [1.82, 2.24) is 0 Å². The van der Waals surface area contributed by atoms with E-state index in [-0.39, 0.29) is 19.3 Å². The highest BCUT2D eigenvalue weighted by Crippen LogP contribution is 2.52. The Bertz CT molecular complexity index is 489. The summed E-state index contributed by atoms with van der Waals surface area (Å²) in [7, 11) is -2.96. The van der Waals surface area contributed by atoms with Crippen molar-refractivity contribution < 1.29 is 40.0 Å². The van der Waals surface area contributed by atoms with Crippen LogP contribution in [0.1, 0.15) is 19.3 Å². The number of alkyl halides is 7. The lowest BCUT2D eigenvalue weighted by Gasteiger charge is -2.33. The monoisotopic (exact) mass is 352 g/mol. The smallest absolute Gasteiger partial charge is 0.460 e. The average Bonchev–Trinajstić information content (AvgIpc) is 2.69. The van der Waals surface area contributed by atoms with E-state index in [1.165, 1.54) is 19.6 Å². The van der Waals surface area contributed by atoms with Crippen LogP contribution in [0.4, 0.5) is 30.7 Å². The number of carbonyl (C=O) groups is 1. The van der Waals surface area contributed by atoms with Gasteiger partial charge in [-0.1, -0.05) is 0 Å². The van der Waals surface area contributed by atoms with Crippen molar-refractivity contribution in [2.75, 3.05) is 0 Å². The summed E-state index contributed by atoms with van der Waals surface area (Å²) in [4.78, 5) is 11.5. The number of halogens is 7. The topological polar surface area (TPSA) is 26.3 Å². The number of allylic oxidation sites excluding steroid dienone is 2. The SMILES string of the molecule is C[Si](C)(C)O/C(=C1/CCCC1=O)C(F)(F)C(F)(F)C(F)(F)F. The molecule has 0 heterocycles. The van der Waals surface area contributed by atoms with Crippen LogP contribution in [0.2, 0.25) is 19.6 Å². The molecule has 0 aromatic rings. The fourth-order valence-corrected chi connectivity index (χ4v) is 2.76. The molecule has 0 aromatic carbocycles. The van der Waals surface area contributed by atoms with Crippen LogP contribution in [0.5, 0.6) is 0 Å². The first kappa shape index (κ1) is 19.0. The molecule has 128 valence electrons. The average molecular weight is 352 g/mol. The third-order valence-corrected chi connectivity index (χ3v) is 3.70. The second kappa shape index (κ2) is 5.54. The lowest BCUT2D eigenvalue weighted by atomic mass is 10.0. The van der Waals surface area contributed by atoms with Gasteiger partial charge in [-0.2, -0.15) is 30.7 Å². The largest absolute Gasteiger partial charge is 0.543 e. The van der Waals surface area contributed by atoms with Gasteiger partial charge >= 0.3 is 18.0 Å². The molecule has 0 spiro atoms. The van der Waals surface area contributed by atoms with Gasteiger partial charge in [0.25, 0.3) is 0 Å². The van der Waals surface area contributed by atoms with Crippen molar-refractivity contribution in [3.05, 3.63) is 11.3 Å². The molecular formula is C12H15F7O2Si. The summed E-state index contributed by atoms with van der Waals surface area (Å²) < 4.78 is 96.1. The van der Waals surface area contributed by atoms with Crippen LogP contribution in [0.15, 0.2) is 11.3 Å². The third-order valence-electron chi connectivity index (χ3n) is 2.89. The third kappa shape index (κ3) is 3.46. The summed E-state index contributed by atoms with van der Waals surface area (Å²) in [5.74, 6) is -14.7. The van der Waals surface area contributed by atoms with Crippen LogP contribution in [-0.2, 0) is 9.22 Å². The zero-order valence-corrected chi connectivity index (χ0v) is 13.1. The Hall–Kier alpha value is -1.06. The molecule has 1 fully saturated rings. The summed E-state index contributed by atoms with van der Waals surface area (Å²) in [5.41, 5.74) is -0.767. The molecule has 1 saturated carbocycles. The minimum absolute atomic E-state index is 0.112. The van der Waals surface area contributed by atoms with E-state index >= 15 is 0 Å². The van der Waals surface area contributed by atoms with E-state index in [0.29, 0.717) is 0 Å². The van der Waals surface area contributed by atoms with Gasteiger partial charge < -0.3 is 4.43 Å². The number of ketones is 1. The summed E-state index contributed by atoms with van der Waals surface area (Å²) >= 11 is 0. The standard InChI is InChI=1S/C12H15F7O2Si/c1-22(2,3)21-9(7-5-4-6-8(7)20)10(13,14)11(15,16)12(17,18)19/h4-6H2,1-3H3/b9-7-. The van der Waals surface area contributed by atoms with Crippen molar-refractivity contribution >= 4 is 14.1 Å². The highest BCUT2D eigenvalue weighted by Gasteiger charge is 2.75. The quantitative estimate of drug-likeness (QED) is 0.318. The molecule has 10 heteroatoms. The van der Waals surface area contributed by atoms with Gasteiger partial charge in [0.05, 0.1) is 0 Å². The number of rotatable bonds is 4. The Morgan fingerprint density at radius 1 is 1.00 bits per heavy atom. The predicted molar refractivity (Wildman–Crippen MR) is 66.3 cm³/mol. The van der Waals surface area contributed by atoms with Gasteiger partial charge in [0.1, 0.15) is 0 Å². The molecule has 1 rings (SSSR count). The molecule has 0 amide bonds. The van der Waals surface area contributed by atoms with Crippen LogP contribution in [0, 0.1) is 0 Å². The minimum Gasteiger partial charge on any atom is -0.543 e. The molecule has 0 aliphatic heterocycles. The van der Waals surface area contributed by atoms with Crippen molar-refractivity contribution in [3.8, 4) is 0 Å². The number of hydrogen-bond acceptors (Lipinski definition) is 2. The molecule has 0 bridgehead atoms. The Balaban J connectivity index is 3.48. The van der Waals surface area contributed by atoms with E-state index < -0.39 is 43.5 Å². The molecule has 0 N–H and O–H groups in total. The Morgan fingerprint density at radius 3 is 1.82 bits per heavy atom. The maximum Gasteiger partial charge on any atom is 0.460 e. The van der Waals surface area contributed by atoms with E-state index in [0.717, 1.165) is 0 Å². The first-order valence-electron chi connectivity index (χ1n) is 6.39. The zero-order valence-electron chi connectivity index (χ0n) is 12.1. The molecule has 0 atom stereocenters. The Labute approximate surface area is 123 Å². The maximum absolute atomic E-state index is 13.9. The van der Waals surface area contributed by atoms with Crippen molar-refractivity contribution in [2.45, 2.75) is 56.9 Å². The molecule has 22 heavy (non-hydrogen) atoms. The van der Waals surface area contributed by atoms with Crippen molar-refractivity contribution in [1.29, 1.82) is 0 Å². The van der Waals surface area contributed by atoms with E-state index in [4.69, 9.17) is 4.43 Å². The van der Waals surface area contributed by atoms with Gasteiger partial charge in [-0.3, -0.25) is 4.79 Å².